The molecule has 1 amide bonds. The average Bonchev–Trinajstić information content (AvgIpc) is 2.75. The van der Waals surface area contributed by atoms with Gasteiger partial charge in [0, 0.05) is 18.7 Å². The van der Waals surface area contributed by atoms with Gasteiger partial charge in [-0.2, -0.15) is 0 Å². The summed E-state index contributed by atoms with van der Waals surface area (Å²) in [6, 6.07) is 6.21. The van der Waals surface area contributed by atoms with Crippen molar-refractivity contribution in [3.63, 3.8) is 0 Å². The van der Waals surface area contributed by atoms with Crippen molar-refractivity contribution < 1.29 is 9.72 Å². The number of carbonyl (C=O) groups is 1. The van der Waals surface area contributed by atoms with Gasteiger partial charge in [0.15, 0.2) is 0 Å². The Labute approximate surface area is 124 Å². The zero-order valence-corrected chi connectivity index (χ0v) is 12.6. The first kappa shape index (κ1) is 15.4. The lowest BCUT2D eigenvalue weighted by atomic mass is 10.1. The topological polar surface area (TPSA) is 75.5 Å². The lowest BCUT2D eigenvalue weighted by Gasteiger charge is -2.27. The van der Waals surface area contributed by atoms with Crippen molar-refractivity contribution in [2.24, 2.45) is 5.92 Å². The molecule has 21 heavy (non-hydrogen) atoms. The van der Waals surface area contributed by atoms with Crippen LogP contribution >= 0.6 is 0 Å². The number of non-ortho nitro benzene ring substituents is 1. The van der Waals surface area contributed by atoms with Crippen LogP contribution in [-0.2, 0) is 4.79 Å². The Kier molecular flexibility index (Phi) is 4.57. The summed E-state index contributed by atoms with van der Waals surface area (Å²) in [4.78, 5) is 24.6. The number of hydrogen-bond donors (Lipinski definition) is 1. The molecule has 6 heteroatoms. The van der Waals surface area contributed by atoms with E-state index < -0.39 is 4.92 Å². The predicted octanol–water partition coefficient (Wildman–Crippen LogP) is 2.46. The van der Waals surface area contributed by atoms with Crippen LogP contribution in [0.4, 0.5) is 5.69 Å². The smallest absolute Gasteiger partial charge is 0.269 e. The van der Waals surface area contributed by atoms with E-state index in [1.165, 1.54) is 12.1 Å². The van der Waals surface area contributed by atoms with Gasteiger partial charge in [-0.15, -0.1) is 0 Å². The van der Waals surface area contributed by atoms with Crippen molar-refractivity contribution in [1.29, 1.82) is 0 Å². The molecule has 1 aliphatic heterocycles. The van der Waals surface area contributed by atoms with Crippen LogP contribution in [-0.4, -0.2) is 28.3 Å². The van der Waals surface area contributed by atoms with E-state index in [0.29, 0.717) is 12.5 Å². The summed E-state index contributed by atoms with van der Waals surface area (Å²) in [6.07, 6.45) is 0.696. The van der Waals surface area contributed by atoms with Crippen LogP contribution in [0, 0.1) is 16.0 Å². The van der Waals surface area contributed by atoms with Gasteiger partial charge in [-0.1, -0.05) is 32.4 Å². The van der Waals surface area contributed by atoms with Gasteiger partial charge in [-0.05, 0) is 18.4 Å². The summed E-state index contributed by atoms with van der Waals surface area (Å²) >= 11 is 0. The number of rotatable bonds is 5. The fourth-order valence-electron chi connectivity index (χ4n) is 2.52. The number of benzene rings is 1. The van der Waals surface area contributed by atoms with Crippen molar-refractivity contribution in [1.82, 2.24) is 10.2 Å². The van der Waals surface area contributed by atoms with Gasteiger partial charge in [-0.25, -0.2) is 0 Å². The highest BCUT2D eigenvalue weighted by atomic mass is 16.6. The first-order valence-electron chi connectivity index (χ1n) is 7.25. The monoisotopic (exact) mass is 291 g/mol. The summed E-state index contributed by atoms with van der Waals surface area (Å²) in [6.45, 7) is 6.66. The third kappa shape index (κ3) is 3.21. The molecular formula is C15H21N3O3. The maximum atomic E-state index is 12.3. The number of hydrogen-bond acceptors (Lipinski definition) is 4. The number of nitro benzene ring substituents is 1. The molecule has 0 aliphatic carbocycles. The fraction of sp³-hybridized carbons (Fsp3) is 0.533. The zero-order chi connectivity index (χ0) is 15.6. The van der Waals surface area contributed by atoms with Crippen molar-refractivity contribution in [3.05, 3.63) is 39.9 Å². The maximum Gasteiger partial charge on any atom is 0.269 e. The normalized spacial score (nSPS) is 23.4. The molecule has 1 aromatic carbocycles. The third-order valence-corrected chi connectivity index (χ3v) is 3.98. The van der Waals surface area contributed by atoms with Gasteiger partial charge in [0.05, 0.1) is 11.0 Å². The van der Waals surface area contributed by atoms with E-state index in [0.717, 1.165) is 12.0 Å². The summed E-state index contributed by atoms with van der Waals surface area (Å²) < 4.78 is 0. The summed E-state index contributed by atoms with van der Waals surface area (Å²) in [7, 11) is 0. The molecule has 1 aliphatic rings. The number of nitro groups is 1. The van der Waals surface area contributed by atoms with Gasteiger partial charge in [0.25, 0.3) is 5.69 Å². The van der Waals surface area contributed by atoms with E-state index >= 15 is 0 Å². The molecule has 0 bridgehead atoms. The minimum atomic E-state index is -0.414. The molecule has 6 nitrogen and oxygen atoms in total. The van der Waals surface area contributed by atoms with E-state index in [4.69, 9.17) is 0 Å². The van der Waals surface area contributed by atoms with Crippen LogP contribution in [0.5, 0.6) is 0 Å². The molecular weight excluding hydrogens is 270 g/mol. The number of amides is 1. The number of carbonyl (C=O) groups excluding carboxylic acids is 1. The molecule has 1 fully saturated rings. The first-order valence-corrected chi connectivity index (χ1v) is 7.25. The van der Waals surface area contributed by atoms with Crippen LogP contribution in [0.3, 0.4) is 0 Å². The van der Waals surface area contributed by atoms with E-state index in [9.17, 15) is 14.9 Å². The molecule has 2 rings (SSSR count). The molecule has 0 radical (unpaired) electrons. The second kappa shape index (κ2) is 6.22. The molecule has 1 aromatic rings. The van der Waals surface area contributed by atoms with Gasteiger partial charge in [-0.3, -0.25) is 20.2 Å². The molecule has 0 spiro atoms. The molecule has 0 saturated carbocycles. The minimum Gasteiger partial charge on any atom is -0.321 e. The Balaban J connectivity index is 2.29. The highest BCUT2D eigenvalue weighted by molar-refractivity contribution is 5.84. The maximum absolute atomic E-state index is 12.3. The quantitative estimate of drug-likeness (QED) is 0.668. The van der Waals surface area contributed by atoms with Crippen LogP contribution in [0.25, 0.3) is 0 Å². The van der Waals surface area contributed by atoms with Crippen molar-refractivity contribution in [2.45, 2.75) is 39.4 Å². The van der Waals surface area contributed by atoms with E-state index in [1.54, 1.807) is 11.0 Å². The van der Waals surface area contributed by atoms with E-state index in [-0.39, 0.29) is 23.8 Å². The Bertz CT molecular complexity index is 547. The summed E-state index contributed by atoms with van der Waals surface area (Å²) in [5, 5.41) is 14.1. The van der Waals surface area contributed by atoms with Gasteiger partial charge in [0.1, 0.15) is 6.17 Å². The molecule has 3 atom stereocenters. The van der Waals surface area contributed by atoms with Crippen LogP contribution < -0.4 is 5.32 Å². The molecule has 1 N–H and O–H groups in total. The average molecular weight is 291 g/mol. The van der Waals surface area contributed by atoms with Crippen molar-refractivity contribution in [2.75, 3.05) is 6.54 Å². The standard InChI is InChI=1S/C15H21N3O3/c1-4-10(2)9-17-14(16-11(3)15(17)19)12-6-5-7-13(8-12)18(20)21/h5-8,10-11,14,16H,4,9H2,1-3H3. The highest BCUT2D eigenvalue weighted by Gasteiger charge is 2.37. The van der Waals surface area contributed by atoms with E-state index in [2.05, 4.69) is 19.2 Å². The second-order valence-electron chi connectivity index (χ2n) is 5.65. The van der Waals surface area contributed by atoms with Crippen molar-refractivity contribution >= 4 is 11.6 Å². The molecule has 3 unspecified atom stereocenters. The summed E-state index contributed by atoms with van der Waals surface area (Å²) in [5.41, 5.74) is 0.801. The summed E-state index contributed by atoms with van der Waals surface area (Å²) in [5.74, 6) is 0.439. The van der Waals surface area contributed by atoms with E-state index in [1.807, 2.05) is 13.0 Å². The third-order valence-electron chi connectivity index (χ3n) is 3.98. The van der Waals surface area contributed by atoms with Crippen molar-refractivity contribution in [3.8, 4) is 0 Å². The minimum absolute atomic E-state index is 0.0461. The number of nitrogens with one attached hydrogen (secondary N) is 1. The molecule has 1 heterocycles. The highest BCUT2D eigenvalue weighted by Crippen LogP contribution is 2.28. The van der Waals surface area contributed by atoms with Gasteiger partial charge >= 0.3 is 0 Å². The Morgan fingerprint density at radius 1 is 1.48 bits per heavy atom. The second-order valence-corrected chi connectivity index (χ2v) is 5.65. The number of nitrogens with zero attached hydrogens (tertiary/aromatic N) is 2. The lowest BCUT2D eigenvalue weighted by molar-refractivity contribution is -0.385. The van der Waals surface area contributed by atoms with Crippen LogP contribution in [0.1, 0.15) is 38.9 Å². The van der Waals surface area contributed by atoms with Crippen LogP contribution in [0.2, 0.25) is 0 Å². The Hall–Kier alpha value is -1.95. The fourth-order valence-corrected chi connectivity index (χ4v) is 2.52. The zero-order valence-electron chi connectivity index (χ0n) is 12.6. The Morgan fingerprint density at radius 2 is 2.19 bits per heavy atom. The predicted molar refractivity (Wildman–Crippen MR) is 79.6 cm³/mol. The lowest BCUT2D eigenvalue weighted by Crippen LogP contribution is -2.34. The van der Waals surface area contributed by atoms with Gasteiger partial charge < -0.3 is 4.90 Å². The molecule has 1 saturated heterocycles. The largest absolute Gasteiger partial charge is 0.321 e. The molecule has 0 aromatic heterocycles. The van der Waals surface area contributed by atoms with Crippen LogP contribution in [0.15, 0.2) is 24.3 Å². The Morgan fingerprint density at radius 3 is 2.81 bits per heavy atom. The SMILES string of the molecule is CCC(C)CN1C(=O)C(C)NC1c1cccc([N+](=O)[O-])c1. The van der Waals surface area contributed by atoms with Gasteiger partial charge in [0.2, 0.25) is 5.91 Å². The first-order chi connectivity index (χ1) is 9.93. The molecule has 114 valence electrons.